The molecule has 6 heteroatoms. The zero-order valence-electron chi connectivity index (χ0n) is 16.7. The van der Waals surface area contributed by atoms with E-state index in [0.29, 0.717) is 24.7 Å². The molecular formula is C25H21NO5. The molecule has 0 saturated heterocycles. The lowest BCUT2D eigenvalue weighted by atomic mass is 10.2. The Bertz CT molecular complexity index is 1170. The van der Waals surface area contributed by atoms with Crippen LogP contribution < -0.4 is 14.2 Å². The molecule has 1 aromatic heterocycles. The number of carbonyl (C=O) groups is 1. The van der Waals surface area contributed by atoms with Crippen molar-refractivity contribution >= 4 is 16.9 Å². The minimum absolute atomic E-state index is 0.339. The summed E-state index contributed by atoms with van der Waals surface area (Å²) in [7, 11) is 0. The number of benzene rings is 3. The molecule has 0 fully saturated rings. The summed E-state index contributed by atoms with van der Waals surface area (Å²) in [5.74, 6) is 0.911. The first-order valence-electron chi connectivity index (χ1n) is 9.79. The van der Waals surface area contributed by atoms with E-state index in [2.05, 4.69) is 4.98 Å². The summed E-state index contributed by atoms with van der Waals surface area (Å²) in [6.07, 6.45) is 0. The van der Waals surface area contributed by atoms with Crippen LogP contribution in [0.4, 0.5) is 0 Å². The molecule has 6 nitrogen and oxygen atoms in total. The van der Waals surface area contributed by atoms with Gasteiger partial charge in [0.1, 0.15) is 30.5 Å². The van der Waals surface area contributed by atoms with Gasteiger partial charge in [-0.05, 0) is 54.1 Å². The summed E-state index contributed by atoms with van der Waals surface area (Å²) in [4.78, 5) is 15.2. The standard InChI is InChI=1S/C25H21NO5/c27-25(28)17-31-23-6-3-4-18(14-23)15-29-21-10-12-22(13-11-21)30-16-20-9-8-19-5-1-2-7-24(19)26-20/h1-14H,15-17H2,(H,27,28). The van der Waals surface area contributed by atoms with Gasteiger partial charge in [-0.1, -0.05) is 36.4 Å². The van der Waals surface area contributed by atoms with Crippen LogP contribution in [0.3, 0.4) is 0 Å². The van der Waals surface area contributed by atoms with Crippen LogP contribution in [0, 0.1) is 0 Å². The maximum Gasteiger partial charge on any atom is 0.341 e. The fourth-order valence-electron chi connectivity index (χ4n) is 3.01. The third-order valence-electron chi connectivity index (χ3n) is 4.53. The third kappa shape index (κ3) is 5.73. The Morgan fingerprint density at radius 2 is 1.48 bits per heavy atom. The van der Waals surface area contributed by atoms with Crippen LogP contribution in [0.25, 0.3) is 10.9 Å². The van der Waals surface area contributed by atoms with E-state index in [-0.39, 0.29) is 6.61 Å². The lowest BCUT2D eigenvalue weighted by Crippen LogP contribution is -2.09. The second-order valence-corrected chi connectivity index (χ2v) is 6.87. The Labute approximate surface area is 179 Å². The van der Waals surface area contributed by atoms with Crippen LogP contribution in [0.1, 0.15) is 11.3 Å². The fourth-order valence-corrected chi connectivity index (χ4v) is 3.01. The number of carboxylic acid groups (broad SMARTS) is 1. The van der Waals surface area contributed by atoms with E-state index in [1.807, 2.05) is 66.7 Å². The van der Waals surface area contributed by atoms with Gasteiger partial charge in [-0.25, -0.2) is 9.78 Å². The van der Waals surface area contributed by atoms with Gasteiger partial charge in [0.05, 0.1) is 11.2 Å². The molecular weight excluding hydrogens is 394 g/mol. The summed E-state index contributed by atoms with van der Waals surface area (Å²) in [6.45, 7) is 0.347. The van der Waals surface area contributed by atoms with E-state index in [0.717, 1.165) is 27.9 Å². The molecule has 156 valence electrons. The zero-order chi connectivity index (χ0) is 21.5. The molecule has 0 aliphatic heterocycles. The number of para-hydroxylation sites is 1. The molecule has 4 aromatic rings. The second kappa shape index (κ2) is 9.63. The molecule has 0 aliphatic rings. The molecule has 0 unspecified atom stereocenters. The lowest BCUT2D eigenvalue weighted by molar-refractivity contribution is -0.139. The summed E-state index contributed by atoms with van der Waals surface area (Å²) in [5.41, 5.74) is 2.69. The van der Waals surface area contributed by atoms with Crippen LogP contribution in [0.2, 0.25) is 0 Å². The molecule has 0 spiro atoms. The van der Waals surface area contributed by atoms with Crippen LogP contribution in [0.5, 0.6) is 17.2 Å². The molecule has 3 aromatic carbocycles. The van der Waals surface area contributed by atoms with Crippen molar-refractivity contribution < 1.29 is 24.1 Å². The van der Waals surface area contributed by atoms with Crippen molar-refractivity contribution in [3.63, 3.8) is 0 Å². The summed E-state index contributed by atoms with van der Waals surface area (Å²) >= 11 is 0. The molecule has 0 radical (unpaired) electrons. The number of hydrogen-bond acceptors (Lipinski definition) is 5. The molecule has 0 bridgehead atoms. The highest BCUT2D eigenvalue weighted by molar-refractivity contribution is 5.78. The van der Waals surface area contributed by atoms with Crippen molar-refractivity contribution in [2.75, 3.05) is 6.61 Å². The van der Waals surface area contributed by atoms with Crippen LogP contribution in [-0.4, -0.2) is 22.7 Å². The Hall–Kier alpha value is -4.06. The van der Waals surface area contributed by atoms with Gasteiger partial charge in [0.15, 0.2) is 6.61 Å². The zero-order valence-corrected chi connectivity index (χ0v) is 16.7. The average molecular weight is 415 g/mol. The number of pyridine rings is 1. The minimum Gasteiger partial charge on any atom is -0.489 e. The highest BCUT2D eigenvalue weighted by Gasteiger charge is 2.03. The molecule has 31 heavy (non-hydrogen) atoms. The summed E-state index contributed by atoms with van der Waals surface area (Å²) < 4.78 is 16.8. The summed E-state index contributed by atoms with van der Waals surface area (Å²) in [6, 6.07) is 26.5. The largest absolute Gasteiger partial charge is 0.489 e. The topological polar surface area (TPSA) is 77.9 Å². The van der Waals surface area contributed by atoms with E-state index < -0.39 is 5.97 Å². The average Bonchev–Trinajstić information content (AvgIpc) is 2.81. The van der Waals surface area contributed by atoms with E-state index in [9.17, 15) is 4.79 Å². The molecule has 1 heterocycles. The van der Waals surface area contributed by atoms with Crippen molar-refractivity contribution in [1.29, 1.82) is 0 Å². The van der Waals surface area contributed by atoms with Gasteiger partial charge in [-0.2, -0.15) is 0 Å². The van der Waals surface area contributed by atoms with Gasteiger partial charge in [0.25, 0.3) is 0 Å². The predicted molar refractivity (Wildman–Crippen MR) is 116 cm³/mol. The molecule has 1 N–H and O–H groups in total. The van der Waals surface area contributed by atoms with Crippen molar-refractivity contribution in [1.82, 2.24) is 4.98 Å². The Morgan fingerprint density at radius 3 is 2.26 bits per heavy atom. The van der Waals surface area contributed by atoms with Crippen molar-refractivity contribution in [2.24, 2.45) is 0 Å². The normalized spacial score (nSPS) is 10.6. The van der Waals surface area contributed by atoms with Gasteiger partial charge in [-0.3, -0.25) is 0 Å². The Kier molecular flexibility index (Phi) is 6.28. The van der Waals surface area contributed by atoms with Crippen molar-refractivity contribution in [3.8, 4) is 17.2 Å². The number of aliphatic carboxylic acids is 1. The molecule has 0 saturated carbocycles. The van der Waals surface area contributed by atoms with E-state index >= 15 is 0 Å². The number of nitrogens with zero attached hydrogens (tertiary/aromatic N) is 1. The number of rotatable bonds is 9. The van der Waals surface area contributed by atoms with Crippen LogP contribution in [-0.2, 0) is 18.0 Å². The van der Waals surface area contributed by atoms with Gasteiger partial charge >= 0.3 is 5.97 Å². The van der Waals surface area contributed by atoms with Gasteiger partial charge in [0.2, 0.25) is 0 Å². The van der Waals surface area contributed by atoms with Crippen molar-refractivity contribution in [3.05, 3.63) is 96.2 Å². The van der Waals surface area contributed by atoms with Crippen LogP contribution >= 0.6 is 0 Å². The second-order valence-electron chi connectivity index (χ2n) is 6.87. The first kappa shape index (κ1) is 20.2. The maximum absolute atomic E-state index is 10.6. The highest BCUT2D eigenvalue weighted by Crippen LogP contribution is 2.21. The highest BCUT2D eigenvalue weighted by atomic mass is 16.5. The maximum atomic E-state index is 10.6. The quantitative estimate of drug-likeness (QED) is 0.421. The Morgan fingerprint density at radius 1 is 0.742 bits per heavy atom. The number of hydrogen-bond donors (Lipinski definition) is 1. The monoisotopic (exact) mass is 415 g/mol. The van der Waals surface area contributed by atoms with Gasteiger partial charge in [-0.15, -0.1) is 0 Å². The SMILES string of the molecule is O=C(O)COc1cccc(COc2ccc(OCc3ccc4ccccc4n3)cc2)c1. The van der Waals surface area contributed by atoms with Gasteiger partial charge in [0, 0.05) is 5.39 Å². The molecule has 4 rings (SSSR count). The first-order chi connectivity index (χ1) is 15.2. The number of carboxylic acids is 1. The third-order valence-corrected chi connectivity index (χ3v) is 4.53. The summed E-state index contributed by atoms with van der Waals surface area (Å²) in [5, 5.41) is 9.80. The van der Waals surface area contributed by atoms with Crippen LogP contribution in [0.15, 0.2) is 84.9 Å². The number of ether oxygens (including phenoxy) is 3. The van der Waals surface area contributed by atoms with E-state index in [1.54, 1.807) is 18.2 Å². The fraction of sp³-hybridized carbons (Fsp3) is 0.120. The lowest BCUT2D eigenvalue weighted by Gasteiger charge is -2.10. The smallest absolute Gasteiger partial charge is 0.341 e. The Balaban J connectivity index is 1.30. The van der Waals surface area contributed by atoms with Gasteiger partial charge < -0.3 is 19.3 Å². The van der Waals surface area contributed by atoms with Crippen molar-refractivity contribution in [2.45, 2.75) is 13.2 Å². The number of aromatic nitrogens is 1. The minimum atomic E-state index is -1.01. The molecule has 0 atom stereocenters. The van der Waals surface area contributed by atoms with E-state index in [4.69, 9.17) is 19.3 Å². The predicted octanol–water partition coefficient (Wildman–Crippen LogP) is 4.86. The first-order valence-corrected chi connectivity index (χ1v) is 9.79. The number of fused-ring (bicyclic) bond motifs is 1. The van der Waals surface area contributed by atoms with E-state index in [1.165, 1.54) is 0 Å². The molecule has 0 amide bonds. The molecule has 0 aliphatic carbocycles.